The third kappa shape index (κ3) is 4.66. The topological polar surface area (TPSA) is 24.7 Å². The van der Waals surface area contributed by atoms with Crippen LogP contribution in [-0.2, 0) is 0 Å². The lowest BCUT2D eigenvalue weighted by Crippen LogP contribution is -2.05. The van der Waals surface area contributed by atoms with Crippen LogP contribution in [0.25, 0.3) is 21.9 Å². The fourth-order valence-corrected chi connectivity index (χ4v) is 4.62. The molecule has 0 spiro atoms. The van der Waals surface area contributed by atoms with E-state index in [0.29, 0.717) is 0 Å². The van der Waals surface area contributed by atoms with E-state index in [1.165, 1.54) is 49.7 Å². The van der Waals surface area contributed by atoms with Crippen molar-refractivity contribution >= 4 is 33.6 Å². The second-order valence-electron chi connectivity index (χ2n) is 9.15. The van der Waals surface area contributed by atoms with Gasteiger partial charge in [0.05, 0.1) is 22.8 Å². The maximum atomic E-state index is 5.14. The molecule has 33 heavy (non-hydrogen) atoms. The first-order valence-corrected chi connectivity index (χ1v) is 11.5. The van der Waals surface area contributed by atoms with Gasteiger partial charge in [-0.15, -0.1) is 0 Å². The molecule has 0 aromatic heterocycles. The van der Waals surface area contributed by atoms with Crippen molar-refractivity contribution in [1.29, 1.82) is 0 Å². The summed E-state index contributed by atoms with van der Waals surface area (Å²) in [6, 6.07) is 23.9. The predicted octanol–water partition coefficient (Wildman–Crippen LogP) is 8.93. The van der Waals surface area contributed by atoms with E-state index in [9.17, 15) is 0 Å². The van der Waals surface area contributed by atoms with Crippen LogP contribution in [0.3, 0.4) is 0 Å². The maximum absolute atomic E-state index is 5.14. The van der Waals surface area contributed by atoms with Crippen LogP contribution in [-0.4, -0.2) is 11.4 Å². The summed E-state index contributed by atoms with van der Waals surface area (Å²) in [4.78, 5) is 10.1. The van der Waals surface area contributed by atoms with Crippen molar-refractivity contribution in [1.82, 2.24) is 0 Å². The largest absolute Gasteiger partial charge is 0.251 e. The molecule has 4 aromatic carbocycles. The lowest BCUT2D eigenvalue weighted by Gasteiger charge is -2.14. The molecule has 0 fully saturated rings. The maximum Gasteiger partial charge on any atom is 0.0741 e. The zero-order valence-corrected chi connectivity index (χ0v) is 20.7. The number of benzene rings is 4. The minimum absolute atomic E-state index is 0.933. The predicted molar refractivity (Wildman–Crippen MR) is 145 cm³/mol. The van der Waals surface area contributed by atoms with E-state index in [-0.39, 0.29) is 0 Å². The Bertz CT molecular complexity index is 1390. The summed E-state index contributed by atoms with van der Waals surface area (Å²) < 4.78 is 0. The molecule has 2 nitrogen and oxygen atoms in total. The van der Waals surface area contributed by atoms with Gasteiger partial charge in [0.15, 0.2) is 0 Å². The van der Waals surface area contributed by atoms with Gasteiger partial charge in [0.1, 0.15) is 0 Å². The van der Waals surface area contributed by atoms with Gasteiger partial charge in [0.2, 0.25) is 0 Å². The Kier molecular flexibility index (Phi) is 6.29. The van der Waals surface area contributed by atoms with Crippen molar-refractivity contribution in [2.75, 3.05) is 0 Å². The molecule has 0 aliphatic heterocycles. The molecule has 0 aliphatic rings. The monoisotopic (exact) mass is 432 g/mol. The summed E-state index contributed by atoms with van der Waals surface area (Å²) in [5.41, 5.74) is 12.4. The zero-order valence-electron chi connectivity index (χ0n) is 20.7. The highest BCUT2D eigenvalue weighted by Crippen LogP contribution is 2.38. The highest BCUT2D eigenvalue weighted by Gasteiger charge is 2.13. The van der Waals surface area contributed by atoms with Crippen LogP contribution in [0.5, 0.6) is 0 Å². The van der Waals surface area contributed by atoms with Gasteiger partial charge in [-0.2, -0.15) is 0 Å². The van der Waals surface area contributed by atoms with Crippen LogP contribution >= 0.6 is 0 Å². The molecular weight excluding hydrogens is 400 g/mol. The number of hydrogen-bond donors (Lipinski definition) is 0. The summed E-state index contributed by atoms with van der Waals surface area (Å²) in [6.45, 7) is 14.8. The Balaban J connectivity index is 1.87. The highest BCUT2D eigenvalue weighted by molar-refractivity contribution is 6.41. The average molecular weight is 433 g/mol. The number of aryl methyl sites for hydroxylation is 5. The van der Waals surface area contributed by atoms with Gasteiger partial charge in [-0.05, 0) is 87.6 Å². The number of fused-ring (bicyclic) bond motifs is 1. The van der Waals surface area contributed by atoms with Gasteiger partial charge in [-0.3, -0.25) is 9.98 Å². The van der Waals surface area contributed by atoms with Gasteiger partial charge in [0.25, 0.3) is 0 Å². The summed E-state index contributed by atoms with van der Waals surface area (Å²) >= 11 is 0. The summed E-state index contributed by atoms with van der Waals surface area (Å²) in [7, 11) is 0. The van der Waals surface area contributed by atoms with Crippen molar-refractivity contribution in [3.63, 3.8) is 0 Å². The molecule has 0 bridgehead atoms. The molecule has 0 heterocycles. The standard InChI is InChI=1S/C31H32N2/c1-19-15-21(3)30(22(4)16-19)32-24(6)25(7)33-31-23(5)17-20(2)18-29(31)28-14-10-12-26-11-8-9-13-27(26)28/h8-18H,1-7H3. The number of hydrogen-bond acceptors (Lipinski definition) is 2. The van der Waals surface area contributed by atoms with E-state index in [0.717, 1.165) is 22.8 Å². The number of aliphatic imine (C=N–C) groups is 2. The number of rotatable bonds is 4. The lowest BCUT2D eigenvalue weighted by molar-refractivity contribution is 1.28. The summed E-state index contributed by atoms with van der Waals surface area (Å²) in [5, 5.41) is 2.49. The molecule has 4 aromatic rings. The molecule has 0 aliphatic carbocycles. The highest BCUT2D eigenvalue weighted by atomic mass is 14.8. The zero-order chi connectivity index (χ0) is 23.7. The molecule has 2 heteroatoms. The van der Waals surface area contributed by atoms with Gasteiger partial charge in [-0.25, -0.2) is 0 Å². The Labute approximate surface area is 197 Å². The van der Waals surface area contributed by atoms with Crippen LogP contribution < -0.4 is 0 Å². The van der Waals surface area contributed by atoms with Crippen LogP contribution in [0, 0.1) is 34.6 Å². The Morgan fingerprint density at radius 1 is 0.545 bits per heavy atom. The van der Waals surface area contributed by atoms with Crippen molar-refractivity contribution < 1.29 is 0 Å². The van der Waals surface area contributed by atoms with E-state index < -0.39 is 0 Å². The first kappa shape index (κ1) is 22.7. The Morgan fingerprint density at radius 3 is 1.73 bits per heavy atom. The van der Waals surface area contributed by atoms with Crippen molar-refractivity contribution in [2.24, 2.45) is 9.98 Å². The molecule has 0 atom stereocenters. The molecule has 166 valence electrons. The van der Waals surface area contributed by atoms with Crippen LogP contribution in [0.1, 0.15) is 41.7 Å². The number of nitrogens with zero attached hydrogens (tertiary/aromatic N) is 2. The van der Waals surface area contributed by atoms with Crippen LogP contribution in [0.2, 0.25) is 0 Å². The normalized spacial score (nSPS) is 12.5. The van der Waals surface area contributed by atoms with Gasteiger partial charge < -0.3 is 0 Å². The molecule has 0 radical (unpaired) electrons. The first-order chi connectivity index (χ1) is 15.7. The molecule has 0 unspecified atom stereocenters. The van der Waals surface area contributed by atoms with E-state index in [2.05, 4.69) is 115 Å². The van der Waals surface area contributed by atoms with Crippen molar-refractivity contribution in [3.8, 4) is 11.1 Å². The second-order valence-corrected chi connectivity index (χ2v) is 9.15. The van der Waals surface area contributed by atoms with Crippen molar-refractivity contribution in [2.45, 2.75) is 48.5 Å². The smallest absolute Gasteiger partial charge is 0.0741 e. The van der Waals surface area contributed by atoms with Crippen molar-refractivity contribution in [3.05, 3.63) is 94.5 Å². The summed E-state index contributed by atoms with van der Waals surface area (Å²) in [6.07, 6.45) is 0. The molecule has 4 rings (SSSR count). The minimum Gasteiger partial charge on any atom is -0.251 e. The molecule has 0 saturated carbocycles. The summed E-state index contributed by atoms with van der Waals surface area (Å²) in [5.74, 6) is 0. The van der Waals surface area contributed by atoms with Gasteiger partial charge >= 0.3 is 0 Å². The molecule has 0 N–H and O–H groups in total. The first-order valence-electron chi connectivity index (χ1n) is 11.5. The van der Waals surface area contributed by atoms with E-state index in [1.807, 2.05) is 0 Å². The van der Waals surface area contributed by atoms with E-state index >= 15 is 0 Å². The molecular formula is C31H32N2. The van der Waals surface area contributed by atoms with Gasteiger partial charge in [0, 0.05) is 5.56 Å². The Hall–Kier alpha value is -3.52. The van der Waals surface area contributed by atoms with Crippen LogP contribution in [0.15, 0.2) is 76.7 Å². The SMILES string of the molecule is CC(=Nc1c(C)cc(C)cc1C)C(C)=Nc1c(C)cc(C)cc1-c1cccc2ccccc12. The van der Waals surface area contributed by atoms with E-state index in [1.54, 1.807) is 0 Å². The average Bonchev–Trinajstić information content (AvgIpc) is 2.77. The fourth-order valence-electron chi connectivity index (χ4n) is 4.62. The van der Waals surface area contributed by atoms with Crippen LogP contribution in [0.4, 0.5) is 11.4 Å². The van der Waals surface area contributed by atoms with Gasteiger partial charge in [-0.1, -0.05) is 71.8 Å². The molecule has 0 amide bonds. The Morgan fingerprint density at radius 2 is 1.06 bits per heavy atom. The fraction of sp³-hybridized carbons (Fsp3) is 0.226. The van der Waals surface area contributed by atoms with E-state index in [4.69, 9.17) is 9.98 Å². The quantitative estimate of drug-likeness (QED) is 0.288. The third-order valence-electron chi connectivity index (χ3n) is 6.24. The second kappa shape index (κ2) is 9.15. The minimum atomic E-state index is 0.933. The third-order valence-corrected chi connectivity index (χ3v) is 6.24. The molecule has 0 saturated heterocycles. The lowest BCUT2D eigenvalue weighted by atomic mass is 9.94.